The minimum Gasteiger partial charge on any atom is -0.393 e. The number of halogens is 1. The number of hydrogen-bond acceptors (Lipinski definition) is 6. The number of hydrogen-bond donors (Lipinski definition) is 2. The predicted molar refractivity (Wildman–Crippen MR) is 83.5 cm³/mol. The molecule has 1 aliphatic carbocycles. The average Bonchev–Trinajstić information content (AvgIpc) is 3.03. The zero-order chi connectivity index (χ0) is 17.3. The number of aliphatic hydroxyl groups excluding tert-OH is 1. The van der Waals surface area contributed by atoms with E-state index in [0.717, 1.165) is 30.0 Å². The number of Topliss-reactive ketones (excluding diaryl/α,β-unsaturated/α-hetero) is 1. The number of anilines is 1. The lowest BCUT2D eigenvalue weighted by molar-refractivity contribution is -0.160. The quantitative estimate of drug-likeness (QED) is 0.784. The highest BCUT2D eigenvalue weighted by atomic mass is 19.1. The minimum atomic E-state index is -1.78. The second kappa shape index (κ2) is 6.45. The van der Waals surface area contributed by atoms with Crippen LogP contribution in [0.2, 0.25) is 0 Å². The molecular weight excluding hydrogens is 317 g/mol. The second-order valence-corrected chi connectivity index (χ2v) is 6.22. The van der Waals surface area contributed by atoms with Crippen molar-refractivity contribution in [2.75, 3.05) is 12.3 Å². The van der Waals surface area contributed by atoms with Crippen LogP contribution in [0.4, 0.5) is 10.2 Å². The Morgan fingerprint density at radius 3 is 2.79 bits per heavy atom. The Bertz CT molecular complexity index is 727. The van der Waals surface area contributed by atoms with E-state index in [1.54, 1.807) is 0 Å². The third-order valence-corrected chi connectivity index (χ3v) is 4.64. The number of ketones is 1. The number of aliphatic hydroxyl groups is 1. The number of nitrogens with zero attached hydrogens (tertiary/aromatic N) is 2. The molecule has 1 aromatic heterocycles. The molecule has 2 heterocycles. The van der Waals surface area contributed by atoms with Crippen LogP contribution >= 0.6 is 0 Å². The lowest BCUT2D eigenvalue weighted by Gasteiger charge is -2.33. The van der Waals surface area contributed by atoms with Crippen molar-refractivity contribution in [3.05, 3.63) is 34.7 Å². The molecule has 0 aromatic carbocycles. The van der Waals surface area contributed by atoms with Crippen LogP contribution in [0.15, 0.2) is 23.1 Å². The summed E-state index contributed by atoms with van der Waals surface area (Å²) in [6.07, 6.45) is 7.30. The summed E-state index contributed by atoms with van der Waals surface area (Å²) in [6, 6.07) is 0. The number of nitrogen functional groups attached to an aromatic ring is 1. The molecule has 1 aliphatic heterocycles. The summed E-state index contributed by atoms with van der Waals surface area (Å²) in [5, 5.41) is 9.32. The number of carbonyl (C=O) groups is 1. The Morgan fingerprint density at radius 2 is 2.17 bits per heavy atom. The van der Waals surface area contributed by atoms with Crippen molar-refractivity contribution in [2.24, 2.45) is 5.92 Å². The van der Waals surface area contributed by atoms with Crippen LogP contribution in [0, 0.1) is 11.7 Å². The molecule has 0 unspecified atom stereocenters. The highest BCUT2D eigenvalue weighted by Gasteiger charge is 2.48. The molecule has 2 atom stereocenters. The van der Waals surface area contributed by atoms with Crippen molar-refractivity contribution < 1.29 is 19.0 Å². The van der Waals surface area contributed by atoms with Crippen molar-refractivity contribution in [3.63, 3.8) is 0 Å². The van der Waals surface area contributed by atoms with Crippen LogP contribution < -0.4 is 11.4 Å². The molecular formula is C16H20FN3O4. The first-order chi connectivity index (χ1) is 11.5. The van der Waals surface area contributed by atoms with E-state index in [9.17, 15) is 19.1 Å². The van der Waals surface area contributed by atoms with Crippen molar-refractivity contribution in [2.45, 2.75) is 43.9 Å². The summed E-state index contributed by atoms with van der Waals surface area (Å²) in [5.74, 6) is -2.04. The first-order valence-electron chi connectivity index (χ1n) is 8.05. The van der Waals surface area contributed by atoms with Gasteiger partial charge in [0.25, 0.3) is 0 Å². The third kappa shape index (κ3) is 2.76. The molecule has 1 saturated carbocycles. The van der Waals surface area contributed by atoms with Gasteiger partial charge in [-0.05, 0) is 18.9 Å². The Labute approximate surface area is 137 Å². The maximum atomic E-state index is 13.9. The molecule has 0 amide bonds. The summed E-state index contributed by atoms with van der Waals surface area (Å²) in [7, 11) is 0. The molecule has 2 aliphatic rings. The maximum absolute atomic E-state index is 13.9. The number of ether oxygens (including phenoxy) is 1. The first-order valence-corrected chi connectivity index (χ1v) is 8.05. The predicted octanol–water partition coefficient (Wildman–Crippen LogP) is 0.714. The zero-order valence-corrected chi connectivity index (χ0v) is 13.2. The fourth-order valence-electron chi connectivity index (χ4n) is 3.38. The van der Waals surface area contributed by atoms with Crippen LogP contribution in [-0.4, -0.2) is 33.2 Å². The van der Waals surface area contributed by atoms with Gasteiger partial charge in [-0.25, -0.2) is 9.18 Å². The van der Waals surface area contributed by atoms with Crippen molar-refractivity contribution in [3.8, 4) is 0 Å². The molecule has 1 fully saturated rings. The van der Waals surface area contributed by atoms with E-state index in [2.05, 4.69) is 4.98 Å². The lowest BCUT2D eigenvalue weighted by Crippen LogP contribution is -2.51. The normalized spacial score (nSPS) is 27.5. The number of nitrogens with two attached hydrogens (primary N) is 1. The summed E-state index contributed by atoms with van der Waals surface area (Å²) in [4.78, 5) is 28.8. The monoisotopic (exact) mass is 337 g/mol. The standard InChI is InChI=1S/C16H20FN3O4/c17-12-8-20(15(23)19-14(12)18)16(7-6-11(9-21)24-16)13(22)10-4-2-1-3-5-10/h6-8,10-11,21H,1-5,9H2,(H2,18,19,23)/t11-,16-/m0/s1. The van der Waals surface area contributed by atoms with Gasteiger partial charge in [0.1, 0.15) is 6.10 Å². The van der Waals surface area contributed by atoms with Gasteiger partial charge in [0.05, 0.1) is 12.8 Å². The Morgan fingerprint density at radius 1 is 1.46 bits per heavy atom. The van der Waals surface area contributed by atoms with Gasteiger partial charge in [0.2, 0.25) is 5.72 Å². The molecule has 130 valence electrons. The molecule has 3 rings (SSSR count). The Balaban J connectivity index is 2.07. The topological polar surface area (TPSA) is 107 Å². The number of rotatable bonds is 4. The largest absolute Gasteiger partial charge is 0.393 e. The molecule has 0 spiro atoms. The number of aromatic nitrogens is 2. The minimum absolute atomic E-state index is 0.284. The van der Waals surface area contributed by atoms with Crippen LogP contribution in [0.1, 0.15) is 32.1 Å². The first kappa shape index (κ1) is 16.8. The van der Waals surface area contributed by atoms with E-state index in [0.29, 0.717) is 12.8 Å². The van der Waals surface area contributed by atoms with E-state index in [4.69, 9.17) is 10.5 Å². The lowest BCUT2D eigenvalue weighted by atomic mass is 9.82. The van der Waals surface area contributed by atoms with Crippen LogP contribution in [0.5, 0.6) is 0 Å². The molecule has 1 aromatic rings. The van der Waals surface area contributed by atoms with E-state index in [1.807, 2.05) is 0 Å². The van der Waals surface area contributed by atoms with Gasteiger partial charge >= 0.3 is 5.69 Å². The fourth-order valence-corrected chi connectivity index (χ4v) is 3.38. The van der Waals surface area contributed by atoms with Crippen molar-refractivity contribution in [1.29, 1.82) is 0 Å². The third-order valence-electron chi connectivity index (χ3n) is 4.64. The fraction of sp³-hybridized carbons (Fsp3) is 0.562. The molecule has 0 radical (unpaired) electrons. The van der Waals surface area contributed by atoms with Gasteiger partial charge in [-0.3, -0.25) is 9.36 Å². The molecule has 0 bridgehead atoms. The van der Waals surface area contributed by atoms with Gasteiger partial charge in [-0.15, -0.1) is 0 Å². The molecule has 24 heavy (non-hydrogen) atoms. The van der Waals surface area contributed by atoms with E-state index < -0.39 is 29.2 Å². The molecule has 3 N–H and O–H groups in total. The van der Waals surface area contributed by atoms with Crippen LogP contribution in [0.25, 0.3) is 0 Å². The second-order valence-electron chi connectivity index (χ2n) is 6.22. The maximum Gasteiger partial charge on any atom is 0.352 e. The van der Waals surface area contributed by atoms with E-state index in [-0.39, 0.29) is 18.3 Å². The summed E-state index contributed by atoms with van der Waals surface area (Å²) >= 11 is 0. The van der Waals surface area contributed by atoms with Gasteiger partial charge in [0, 0.05) is 5.92 Å². The van der Waals surface area contributed by atoms with E-state index >= 15 is 0 Å². The van der Waals surface area contributed by atoms with Gasteiger partial charge in [-0.2, -0.15) is 4.98 Å². The summed E-state index contributed by atoms with van der Waals surface area (Å²) in [6.45, 7) is -0.351. The van der Waals surface area contributed by atoms with Crippen molar-refractivity contribution >= 4 is 11.6 Å². The van der Waals surface area contributed by atoms with Gasteiger partial charge in [0.15, 0.2) is 17.4 Å². The van der Waals surface area contributed by atoms with E-state index in [1.165, 1.54) is 12.2 Å². The van der Waals surface area contributed by atoms with Crippen LogP contribution in [-0.2, 0) is 15.3 Å². The molecule has 8 heteroatoms. The highest BCUT2D eigenvalue weighted by Crippen LogP contribution is 2.36. The molecule has 0 saturated heterocycles. The summed E-state index contributed by atoms with van der Waals surface area (Å²) < 4.78 is 20.4. The van der Waals surface area contributed by atoms with Crippen LogP contribution in [0.3, 0.4) is 0 Å². The highest BCUT2D eigenvalue weighted by molar-refractivity contribution is 5.89. The van der Waals surface area contributed by atoms with Gasteiger partial charge in [-0.1, -0.05) is 25.3 Å². The average molecular weight is 337 g/mol. The molecule has 7 nitrogen and oxygen atoms in total. The summed E-state index contributed by atoms with van der Waals surface area (Å²) in [5.41, 5.74) is 2.66. The number of carbonyl (C=O) groups excluding carboxylic acids is 1. The smallest absolute Gasteiger partial charge is 0.352 e. The SMILES string of the molecule is Nc1nc(=O)n([C@@]2(C(=O)C3CCCCC3)C=C[C@@H](CO)O2)cc1F. The van der Waals surface area contributed by atoms with Crippen molar-refractivity contribution in [1.82, 2.24) is 9.55 Å². The Hall–Kier alpha value is -2.06. The Kier molecular flexibility index (Phi) is 4.51. The zero-order valence-electron chi connectivity index (χ0n) is 13.2. The van der Waals surface area contributed by atoms with Gasteiger partial charge < -0.3 is 15.6 Å².